The van der Waals surface area contributed by atoms with E-state index >= 15 is 4.39 Å². The molecule has 0 aliphatic carbocycles. The van der Waals surface area contributed by atoms with Crippen LogP contribution in [0.1, 0.15) is 12.6 Å². The molecule has 0 saturated carbocycles. The summed E-state index contributed by atoms with van der Waals surface area (Å²) in [6.07, 6.45) is 3.53. The van der Waals surface area contributed by atoms with E-state index in [4.69, 9.17) is 10.5 Å². The Morgan fingerprint density at radius 3 is 2.68 bits per heavy atom. The molecule has 3 aromatic heterocycles. The highest BCUT2D eigenvalue weighted by Gasteiger charge is 2.26. The molecule has 0 bridgehead atoms. The van der Waals surface area contributed by atoms with E-state index < -0.39 is 23.1 Å². The summed E-state index contributed by atoms with van der Waals surface area (Å²) in [6, 6.07) is 6.74. The van der Waals surface area contributed by atoms with E-state index in [1.54, 1.807) is 23.0 Å². The smallest absolute Gasteiger partial charge is 0.207 e. The maximum Gasteiger partial charge on any atom is 0.207 e. The molecule has 9 heteroatoms. The summed E-state index contributed by atoms with van der Waals surface area (Å²) in [7, 11) is 0. The second-order valence-corrected chi connectivity index (χ2v) is 6.49. The van der Waals surface area contributed by atoms with Gasteiger partial charge in [0.15, 0.2) is 12.0 Å². The Balaban J connectivity index is 1.68. The van der Waals surface area contributed by atoms with Crippen molar-refractivity contribution in [1.29, 1.82) is 0 Å². The van der Waals surface area contributed by atoms with Crippen molar-refractivity contribution in [3.05, 3.63) is 60.4 Å². The number of imidazole rings is 1. The molecule has 1 aliphatic heterocycles. The Bertz CT molecular complexity index is 1210. The van der Waals surface area contributed by atoms with E-state index in [0.29, 0.717) is 23.5 Å². The molecule has 1 saturated heterocycles. The predicted octanol–water partition coefficient (Wildman–Crippen LogP) is 3.78. The van der Waals surface area contributed by atoms with Crippen molar-refractivity contribution < 1.29 is 17.9 Å². The number of hydrogen-bond donors (Lipinski definition) is 1. The van der Waals surface area contributed by atoms with Gasteiger partial charge in [-0.2, -0.15) is 9.49 Å². The molecule has 1 atom stereocenters. The van der Waals surface area contributed by atoms with Crippen LogP contribution in [-0.4, -0.2) is 25.8 Å². The zero-order valence-electron chi connectivity index (χ0n) is 14.4. The number of pyridine rings is 1. The molecule has 4 heterocycles. The van der Waals surface area contributed by atoms with Crippen LogP contribution < -0.4 is 5.73 Å². The number of rotatable bonds is 3. The SMILES string of the molecule is Nc1ccc(F)c(-c2ccc3c(-c4ccnn4C4CCO4)ncn3c2F)c1F. The Morgan fingerprint density at radius 2 is 1.93 bits per heavy atom. The Kier molecular flexibility index (Phi) is 3.66. The summed E-state index contributed by atoms with van der Waals surface area (Å²) in [4.78, 5) is 4.29. The van der Waals surface area contributed by atoms with Crippen LogP contribution in [0.25, 0.3) is 28.0 Å². The van der Waals surface area contributed by atoms with Crippen molar-refractivity contribution >= 4 is 11.2 Å². The van der Waals surface area contributed by atoms with Crippen LogP contribution in [0.15, 0.2) is 42.9 Å². The third kappa shape index (κ3) is 2.32. The van der Waals surface area contributed by atoms with Crippen molar-refractivity contribution in [2.45, 2.75) is 12.6 Å². The van der Waals surface area contributed by atoms with Gasteiger partial charge in [0.2, 0.25) is 5.95 Å². The molecular weight excluding hydrogens is 371 g/mol. The minimum Gasteiger partial charge on any atom is -0.396 e. The molecule has 1 aliphatic rings. The lowest BCUT2D eigenvalue weighted by molar-refractivity contribution is -0.105. The lowest BCUT2D eigenvalue weighted by Gasteiger charge is -2.27. The van der Waals surface area contributed by atoms with Crippen LogP contribution >= 0.6 is 0 Å². The largest absolute Gasteiger partial charge is 0.396 e. The number of benzene rings is 1. The van der Waals surface area contributed by atoms with Crippen LogP contribution in [0.5, 0.6) is 0 Å². The van der Waals surface area contributed by atoms with Crippen molar-refractivity contribution in [3.8, 4) is 22.5 Å². The van der Waals surface area contributed by atoms with Gasteiger partial charge in [-0.15, -0.1) is 0 Å². The minimum absolute atomic E-state index is 0.179. The first-order valence-electron chi connectivity index (χ1n) is 8.61. The highest BCUT2D eigenvalue weighted by molar-refractivity contribution is 5.78. The number of halogens is 3. The lowest BCUT2D eigenvalue weighted by Crippen LogP contribution is -2.26. The molecule has 0 radical (unpaired) electrons. The molecule has 4 aromatic rings. The molecule has 28 heavy (non-hydrogen) atoms. The van der Waals surface area contributed by atoms with Gasteiger partial charge >= 0.3 is 0 Å². The van der Waals surface area contributed by atoms with Gasteiger partial charge in [-0.1, -0.05) is 0 Å². The fraction of sp³-hybridized carbons (Fsp3) is 0.158. The topological polar surface area (TPSA) is 70.4 Å². The number of nitrogens with two attached hydrogens (primary N) is 1. The third-order valence-electron chi connectivity index (χ3n) is 4.90. The normalized spacial score (nSPS) is 16.5. The number of aromatic nitrogens is 4. The van der Waals surface area contributed by atoms with Gasteiger partial charge in [0, 0.05) is 18.2 Å². The first-order chi connectivity index (χ1) is 13.6. The number of nitrogen functional groups attached to an aromatic ring is 1. The number of anilines is 1. The first-order valence-corrected chi connectivity index (χ1v) is 8.61. The van der Waals surface area contributed by atoms with E-state index in [0.717, 1.165) is 23.0 Å². The summed E-state index contributed by atoms with van der Waals surface area (Å²) in [5, 5.41) is 4.26. The Morgan fingerprint density at radius 1 is 1.11 bits per heavy atom. The van der Waals surface area contributed by atoms with E-state index in [9.17, 15) is 8.78 Å². The molecule has 1 aromatic carbocycles. The molecule has 142 valence electrons. The molecule has 1 fully saturated rings. The number of ether oxygens (including phenoxy) is 1. The van der Waals surface area contributed by atoms with Gasteiger partial charge in [-0.3, -0.25) is 4.40 Å². The lowest BCUT2D eigenvalue weighted by atomic mass is 10.0. The molecule has 0 spiro atoms. The van der Waals surface area contributed by atoms with Crippen molar-refractivity contribution in [2.24, 2.45) is 0 Å². The van der Waals surface area contributed by atoms with E-state index in [1.165, 1.54) is 12.4 Å². The molecule has 5 rings (SSSR count). The minimum atomic E-state index is -1.00. The second-order valence-electron chi connectivity index (χ2n) is 6.49. The van der Waals surface area contributed by atoms with Gasteiger partial charge < -0.3 is 10.5 Å². The average molecular weight is 385 g/mol. The number of hydrogen-bond acceptors (Lipinski definition) is 4. The quantitative estimate of drug-likeness (QED) is 0.430. The predicted molar refractivity (Wildman–Crippen MR) is 95.7 cm³/mol. The second kappa shape index (κ2) is 6.10. The van der Waals surface area contributed by atoms with Crippen LogP contribution in [0, 0.1) is 17.6 Å². The van der Waals surface area contributed by atoms with Crippen LogP contribution in [0.2, 0.25) is 0 Å². The summed E-state index contributed by atoms with van der Waals surface area (Å²) >= 11 is 0. The van der Waals surface area contributed by atoms with Gasteiger partial charge in [0.1, 0.15) is 17.8 Å². The fourth-order valence-corrected chi connectivity index (χ4v) is 3.38. The molecule has 0 amide bonds. The highest BCUT2D eigenvalue weighted by atomic mass is 19.1. The average Bonchev–Trinajstić information content (AvgIpc) is 3.26. The standard InChI is InChI=1S/C19H14F3N5O/c20-11-2-3-12(23)17(21)16(11)10-1-4-13-18(24-9-26(13)19(10)22)14-5-7-25-27(14)15-6-8-28-15/h1-5,7,9,15H,6,8,23H2. The molecule has 2 N–H and O–H groups in total. The van der Waals surface area contributed by atoms with Crippen molar-refractivity contribution in [1.82, 2.24) is 19.2 Å². The molecule has 6 nitrogen and oxygen atoms in total. The van der Waals surface area contributed by atoms with E-state index in [-0.39, 0.29) is 17.5 Å². The Labute approximate surface area is 157 Å². The number of nitrogens with zero attached hydrogens (tertiary/aromatic N) is 4. The molecular formula is C19H14F3N5O. The summed E-state index contributed by atoms with van der Waals surface area (Å²) in [5.41, 5.74) is 6.10. The molecule has 1 unspecified atom stereocenters. The van der Waals surface area contributed by atoms with Crippen LogP contribution in [0.3, 0.4) is 0 Å². The van der Waals surface area contributed by atoms with Crippen molar-refractivity contribution in [3.63, 3.8) is 0 Å². The summed E-state index contributed by atoms with van der Waals surface area (Å²) < 4.78 is 52.0. The van der Waals surface area contributed by atoms with Gasteiger partial charge in [0.05, 0.1) is 29.1 Å². The maximum atomic E-state index is 15.1. The number of fused-ring (bicyclic) bond motifs is 1. The highest BCUT2D eigenvalue weighted by Crippen LogP contribution is 2.35. The Hall–Kier alpha value is -3.33. The van der Waals surface area contributed by atoms with E-state index in [2.05, 4.69) is 10.1 Å². The maximum absolute atomic E-state index is 15.1. The summed E-state index contributed by atoms with van der Waals surface area (Å²) in [6.45, 7) is 0.656. The van der Waals surface area contributed by atoms with Gasteiger partial charge in [-0.25, -0.2) is 18.4 Å². The van der Waals surface area contributed by atoms with Gasteiger partial charge in [-0.05, 0) is 30.3 Å². The van der Waals surface area contributed by atoms with Crippen LogP contribution in [-0.2, 0) is 4.74 Å². The van der Waals surface area contributed by atoms with Crippen LogP contribution in [0.4, 0.5) is 18.9 Å². The fourth-order valence-electron chi connectivity index (χ4n) is 3.38. The zero-order valence-corrected chi connectivity index (χ0v) is 14.4. The summed E-state index contributed by atoms with van der Waals surface area (Å²) in [5.74, 6) is -2.74. The van der Waals surface area contributed by atoms with E-state index in [1.807, 2.05) is 0 Å². The van der Waals surface area contributed by atoms with Gasteiger partial charge in [0.25, 0.3) is 0 Å². The zero-order chi connectivity index (χ0) is 19.4. The first kappa shape index (κ1) is 16.8. The third-order valence-corrected chi connectivity index (χ3v) is 4.90. The van der Waals surface area contributed by atoms with Crippen molar-refractivity contribution in [2.75, 3.05) is 12.3 Å². The monoisotopic (exact) mass is 385 g/mol.